The standard InChI is InChI=1S/C12H15Cl2NO2/c1-8(15)9-3-4-11(12(5-9)16-2)17-7-10(14)6-13/h3-6,8H,7,15H2,1-2H3. The van der Waals surface area contributed by atoms with Crippen molar-refractivity contribution in [2.75, 3.05) is 13.7 Å². The first-order valence-electron chi connectivity index (χ1n) is 5.09. The molecular weight excluding hydrogens is 261 g/mol. The fraction of sp³-hybridized carbons (Fsp3) is 0.333. The number of halogens is 2. The molecule has 0 aliphatic heterocycles. The van der Waals surface area contributed by atoms with Gasteiger partial charge in [0.15, 0.2) is 11.5 Å². The molecule has 94 valence electrons. The second kappa shape index (κ2) is 6.74. The molecule has 5 heteroatoms. The SMILES string of the molecule is COc1cc(C(C)N)ccc1OCC(Cl)=CCl. The molecule has 1 aromatic carbocycles. The summed E-state index contributed by atoms with van der Waals surface area (Å²) in [5.41, 5.74) is 8.04. The number of rotatable bonds is 5. The van der Waals surface area contributed by atoms with Gasteiger partial charge in [0.25, 0.3) is 0 Å². The molecule has 0 bridgehead atoms. The summed E-state index contributed by atoms with van der Waals surface area (Å²) in [5.74, 6) is 1.23. The minimum absolute atomic E-state index is 0.0516. The summed E-state index contributed by atoms with van der Waals surface area (Å²) in [4.78, 5) is 0. The monoisotopic (exact) mass is 275 g/mol. The maximum absolute atomic E-state index is 5.79. The zero-order chi connectivity index (χ0) is 12.8. The van der Waals surface area contributed by atoms with Crippen LogP contribution in [0.15, 0.2) is 28.8 Å². The molecule has 0 saturated heterocycles. The van der Waals surface area contributed by atoms with Crippen LogP contribution in [0.5, 0.6) is 11.5 Å². The summed E-state index contributed by atoms with van der Waals surface area (Å²) in [6.45, 7) is 2.11. The Kier molecular flexibility index (Phi) is 5.62. The average molecular weight is 276 g/mol. The Hall–Kier alpha value is -0.900. The Labute approximate surface area is 111 Å². The Bertz CT molecular complexity index is 405. The predicted octanol–water partition coefficient (Wildman–Crippen LogP) is 3.41. The van der Waals surface area contributed by atoms with Crippen molar-refractivity contribution in [2.24, 2.45) is 5.73 Å². The topological polar surface area (TPSA) is 44.5 Å². The normalized spacial score (nSPS) is 13.4. The molecule has 3 nitrogen and oxygen atoms in total. The van der Waals surface area contributed by atoms with Gasteiger partial charge in [-0.25, -0.2) is 0 Å². The van der Waals surface area contributed by atoms with Gasteiger partial charge in [-0.1, -0.05) is 29.3 Å². The summed E-state index contributed by atoms with van der Waals surface area (Å²) in [5, 5.41) is 0.421. The van der Waals surface area contributed by atoms with Crippen molar-refractivity contribution in [2.45, 2.75) is 13.0 Å². The van der Waals surface area contributed by atoms with E-state index in [1.807, 2.05) is 19.1 Å². The van der Waals surface area contributed by atoms with Gasteiger partial charge in [0.2, 0.25) is 0 Å². The lowest BCUT2D eigenvalue weighted by Crippen LogP contribution is -2.06. The third-order valence-electron chi connectivity index (χ3n) is 2.20. The van der Waals surface area contributed by atoms with Crippen LogP contribution in [-0.2, 0) is 0 Å². The second-order valence-corrected chi connectivity index (χ2v) is 4.25. The molecule has 0 aliphatic rings. The zero-order valence-corrected chi connectivity index (χ0v) is 11.3. The van der Waals surface area contributed by atoms with Gasteiger partial charge in [0.05, 0.1) is 12.1 Å². The maximum atomic E-state index is 5.79. The number of hydrogen-bond donors (Lipinski definition) is 1. The van der Waals surface area contributed by atoms with E-state index in [1.165, 1.54) is 5.54 Å². The van der Waals surface area contributed by atoms with Crippen LogP contribution in [0.2, 0.25) is 0 Å². The fourth-order valence-corrected chi connectivity index (χ4v) is 1.38. The first kappa shape index (κ1) is 14.2. The van der Waals surface area contributed by atoms with Gasteiger partial charge in [-0.15, -0.1) is 0 Å². The third-order valence-corrected chi connectivity index (χ3v) is 2.79. The minimum Gasteiger partial charge on any atom is -0.493 e. The van der Waals surface area contributed by atoms with Crippen molar-refractivity contribution in [3.63, 3.8) is 0 Å². The van der Waals surface area contributed by atoms with E-state index in [9.17, 15) is 0 Å². The summed E-state index contributed by atoms with van der Waals surface area (Å²) < 4.78 is 10.7. The molecule has 1 rings (SSSR count). The van der Waals surface area contributed by atoms with Gasteiger partial charge in [-0.3, -0.25) is 0 Å². The average Bonchev–Trinajstić information content (AvgIpc) is 2.35. The van der Waals surface area contributed by atoms with E-state index < -0.39 is 0 Å². The van der Waals surface area contributed by atoms with Gasteiger partial charge in [-0.05, 0) is 24.6 Å². The zero-order valence-electron chi connectivity index (χ0n) is 9.74. The van der Waals surface area contributed by atoms with Crippen LogP contribution >= 0.6 is 23.2 Å². The highest BCUT2D eigenvalue weighted by molar-refractivity contribution is 6.36. The Morgan fingerprint density at radius 3 is 2.71 bits per heavy atom. The van der Waals surface area contributed by atoms with Crippen LogP contribution < -0.4 is 15.2 Å². The summed E-state index contributed by atoms with van der Waals surface area (Å²) in [6.07, 6.45) is 0. The molecule has 0 aromatic heterocycles. The highest BCUT2D eigenvalue weighted by Gasteiger charge is 2.08. The number of methoxy groups -OCH3 is 1. The smallest absolute Gasteiger partial charge is 0.161 e. The van der Waals surface area contributed by atoms with Crippen molar-refractivity contribution in [1.29, 1.82) is 0 Å². The van der Waals surface area contributed by atoms with E-state index in [4.69, 9.17) is 38.4 Å². The van der Waals surface area contributed by atoms with Gasteiger partial charge in [-0.2, -0.15) is 0 Å². The lowest BCUT2D eigenvalue weighted by molar-refractivity contribution is 0.323. The highest BCUT2D eigenvalue weighted by atomic mass is 35.5. The van der Waals surface area contributed by atoms with Crippen molar-refractivity contribution in [3.05, 3.63) is 34.3 Å². The van der Waals surface area contributed by atoms with E-state index in [2.05, 4.69) is 0 Å². The lowest BCUT2D eigenvalue weighted by Gasteiger charge is -2.13. The maximum Gasteiger partial charge on any atom is 0.161 e. The molecule has 1 unspecified atom stereocenters. The molecule has 1 atom stereocenters. The van der Waals surface area contributed by atoms with Crippen molar-refractivity contribution < 1.29 is 9.47 Å². The van der Waals surface area contributed by atoms with Crippen LogP contribution in [0, 0.1) is 0 Å². The molecule has 0 heterocycles. The van der Waals surface area contributed by atoms with E-state index in [0.29, 0.717) is 16.5 Å². The lowest BCUT2D eigenvalue weighted by atomic mass is 10.1. The quantitative estimate of drug-likeness (QED) is 0.896. The van der Waals surface area contributed by atoms with Crippen LogP contribution in [-0.4, -0.2) is 13.7 Å². The molecule has 0 aliphatic carbocycles. The molecule has 0 spiro atoms. The molecule has 0 amide bonds. The van der Waals surface area contributed by atoms with Crippen molar-refractivity contribution in [3.8, 4) is 11.5 Å². The Morgan fingerprint density at radius 1 is 1.47 bits per heavy atom. The molecular formula is C12H15Cl2NO2. The number of hydrogen-bond acceptors (Lipinski definition) is 3. The van der Waals surface area contributed by atoms with Gasteiger partial charge >= 0.3 is 0 Å². The first-order valence-corrected chi connectivity index (χ1v) is 5.91. The van der Waals surface area contributed by atoms with E-state index in [-0.39, 0.29) is 12.6 Å². The van der Waals surface area contributed by atoms with Crippen molar-refractivity contribution in [1.82, 2.24) is 0 Å². The fourth-order valence-electron chi connectivity index (χ4n) is 1.26. The van der Waals surface area contributed by atoms with Gasteiger partial charge in [0, 0.05) is 11.6 Å². The molecule has 0 saturated carbocycles. The molecule has 0 radical (unpaired) electrons. The van der Waals surface area contributed by atoms with Crippen molar-refractivity contribution >= 4 is 23.2 Å². The molecule has 17 heavy (non-hydrogen) atoms. The summed E-state index contributed by atoms with van der Waals surface area (Å²) >= 11 is 11.2. The largest absolute Gasteiger partial charge is 0.493 e. The van der Waals surface area contributed by atoms with Crippen LogP contribution in [0.25, 0.3) is 0 Å². The number of ether oxygens (including phenoxy) is 2. The number of benzene rings is 1. The predicted molar refractivity (Wildman–Crippen MR) is 70.9 cm³/mol. The summed E-state index contributed by atoms with van der Waals surface area (Å²) in [7, 11) is 1.58. The number of nitrogens with two attached hydrogens (primary N) is 1. The molecule has 1 aromatic rings. The van der Waals surface area contributed by atoms with Crippen LogP contribution in [0.3, 0.4) is 0 Å². The van der Waals surface area contributed by atoms with Gasteiger partial charge in [0.1, 0.15) is 6.61 Å². The molecule has 2 N–H and O–H groups in total. The highest BCUT2D eigenvalue weighted by Crippen LogP contribution is 2.30. The van der Waals surface area contributed by atoms with Crippen LogP contribution in [0.1, 0.15) is 18.5 Å². The molecule has 0 fully saturated rings. The van der Waals surface area contributed by atoms with Gasteiger partial charge < -0.3 is 15.2 Å². The minimum atomic E-state index is -0.0516. The Morgan fingerprint density at radius 2 is 2.18 bits per heavy atom. The third kappa shape index (κ3) is 4.11. The van der Waals surface area contributed by atoms with Crippen LogP contribution in [0.4, 0.5) is 0 Å². The van der Waals surface area contributed by atoms with E-state index in [1.54, 1.807) is 13.2 Å². The Balaban J connectivity index is 2.85. The van der Waals surface area contributed by atoms with E-state index in [0.717, 1.165) is 5.56 Å². The summed E-state index contributed by atoms with van der Waals surface area (Å²) in [6, 6.07) is 5.49. The second-order valence-electron chi connectivity index (χ2n) is 3.54. The van der Waals surface area contributed by atoms with E-state index >= 15 is 0 Å². The first-order chi connectivity index (χ1) is 8.08.